The number of amides is 1. The molecular formula is C17H13ClN2OS. The Labute approximate surface area is 139 Å². The zero-order valence-corrected chi connectivity index (χ0v) is 13.4. The summed E-state index contributed by atoms with van der Waals surface area (Å²) in [5.41, 5.74) is 3.19. The van der Waals surface area contributed by atoms with Gasteiger partial charge in [-0.05, 0) is 54.5 Å². The highest BCUT2D eigenvalue weighted by Gasteiger charge is 2.32. The van der Waals surface area contributed by atoms with Crippen molar-refractivity contribution in [1.29, 1.82) is 0 Å². The minimum atomic E-state index is -0.185. The highest BCUT2D eigenvalue weighted by molar-refractivity contribution is 7.80. The Bertz CT molecular complexity index is 801. The Morgan fingerprint density at radius 2 is 1.95 bits per heavy atom. The normalized spacial score (nSPS) is 16.3. The SMILES string of the molecule is Cc1ccccc1/C=C1\NC(=S)N(c2cccc(Cl)c2)C1=O. The minimum absolute atomic E-state index is 0.185. The summed E-state index contributed by atoms with van der Waals surface area (Å²) in [7, 11) is 0. The molecule has 1 amide bonds. The van der Waals surface area contributed by atoms with Crippen LogP contribution in [0.1, 0.15) is 11.1 Å². The predicted molar refractivity (Wildman–Crippen MR) is 93.8 cm³/mol. The number of carbonyl (C=O) groups excluding carboxylic acids is 1. The molecule has 1 saturated heterocycles. The first kappa shape index (κ1) is 14.8. The van der Waals surface area contributed by atoms with Crippen LogP contribution in [0.5, 0.6) is 0 Å². The molecule has 1 aliphatic rings. The van der Waals surface area contributed by atoms with Crippen LogP contribution in [0.2, 0.25) is 5.02 Å². The van der Waals surface area contributed by atoms with Crippen molar-refractivity contribution >= 4 is 46.6 Å². The summed E-state index contributed by atoms with van der Waals surface area (Å²) >= 11 is 11.3. The Morgan fingerprint density at radius 3 is 2.68 bits per heavy atom. The Kier molecular flexibility index (Phi) is 3.96. The molecule has 2 aromatic carbocycles. The second kappa shape index (κ2) is 5.91. The molecule has 22 heavy (non-hydrogen) atoms. The Hall–Kier alpha value is -2.17. The van der Waals surface area contributed by atoms with Gasteiger partial charge >= 0.3 is 0 Å². The quantitative estimate of drug-likeness (QED) is 0.670. The van der Waals surface area contributed by atoms with E-state index in [4.69, 9.17) is 23.8 Å². The fraction of sp³-hybridized carbons (Fsp3) is 0.0588. The summed E-state index contributed by atoms with van der Waals surface area (Å²) < 4.78 is 0. The maximum atomic E-state index is 12.6. The minimum Gasteiger partial charge on any atom is -0.327 e. The van der Waals surface area contributed by atoms with Crippen molar-refractivity contribution in [1.82, 2.24) is 5.32 Å². The van der Waals surface area contributed by atoms with E-state index >= 15 is 0 Å². The van der Waals surface area contributed by atoms with E-state index in [1.165, 1.54) is 4.90 Å². The van der Waals surface area contributed by atoms with Gasteiger partial charge in [0.1, 0.15) is 5.70 Å². The molecule has 110 valence electrons. The van der Waals surface area contributed by atoms with E-state index in [2.05, 4.69) is 5.32 Å². The molecule has 1 fully saturated rings. The third-order valence-electron chi connectivity index (χ3n) is 3.43. The van der Waals surface area contributed by atoms with E-state index in [1.807, 2.05) is 37.3 Å². The molecule has 1 aliphatic heterocycles. The van der Waals surface area contributed by atoms with Crippen LogP contribution >= 0.6 is 23.8 Å². The van der Waals surface area contributed by atoms with Gasteiger partial charge in [-0.1, -0.05) is 41.9 Å². The molecule has 5 heteroatoms. The number of thiocarbonyl (C=S) groups is 1. The summed E-state index contributed by atoms with van der Waals surface area (Å²) in [6.45, 7) is 2.00. The van der Waals surface area contributed by atoms with Crippen LogP contribution in [0.15, 0.2) is 54.2 Å². The van der Waals surface area contributed by atoms with Crippen LogP contribution in [-0.4, -0.2) is 11.0 Å². The number of nitrogens with zero attached hydrogens (tertiary/aromatic N) is 1. The summed E-state index contributed by atoms with van der Waals surface area (Å²) in [5.74, 6) is -0.185. The van der Waals surface area contributed by atoms with Gasteiger partial charge in [0.2, 0.25) is 0 Å². The summed E-state index contributed by atoms with van der Waals surface area (Å²) in [5, 5.41) is 3.89. The lowest BCUT2D eigenvalue weighted by atomic mass is 10.1. The van der Waals surface area contributed by atoms with Crippen molar-refractivity contribution < 1.29 is 4.79 Å². The average Bonchev–Trinajstić information content (AvgIpc) is 2.76. The summed E-state index contributed by atoms with van der Waals surface area (Å²) in [4.78, 5) is 14.1. The Morgan fingerprint density at radius 1 is 1.18 bits per heavy atom. The van der Waals surface area contributed by atoms with Crippen molar-refractivity contribution in [2.45, 2.75) is 6.92 Å². The molecule has 0 aliphatic carbocycles. The lowest BCUT2D eigenvalue weighted by Gasteiger charge is -2.13. The average molecular weight is 329 g/mol. The van der Waals surface area contributed by atoms with E-state index < -0.39 is 0 Å². The van der Waals surface area contributed by atoms with Gasteiger partial charge in [-0.15, -0.1) is 0 Å². The number of halogens is 1. The molecule has 0 radical (unpaired) electrons. The van der Waals surface area contributed by atoms with Gasteiger partial charge in [0.25, 0.3) is 5.91 Å². The zero-order valence-electron chi connectivity index (χ0n) is 11.8. The molecule has 3 rings (SSSR count). The molecule has 0 bridgehead atoms. The van der Waals surface area contributed by atoms with Crippen molar-refractivity contribution in [3.05, 3.63) is 70.4 Å². The third kappa shape index (κ3) is 2.75. The smallest absolute Gasteiger partial charge is 0.281 e. The predicted octanol–water partition coefficient (Wildman–Crippen LogP) is 3.91. The highest BCUT2D eigenvalue weighted by Crippen LogP contribution is 2.25. The van der Waals surface area contributed by atoms with Gasteiger partial charge in [-0.25, -0.2) is 0 Å². The number of hydrogen-bond acceptors (Lipinski definition) is 2. The Balaban J connectivity index is 1.97. The first-order chi connectivity index (χ1) is 10.6. The standard InChI is InChI=1S/C17H13ClN2OS/c1-11-5-2-3-6-12(11)9-15-16(21)20(17(22)19-15)14-8-4-7-13(18)10-14/h2-10H,1H3,(H,19,22)/b15-9-. The first-order valence-electron chi connectivity index (χ1n) is 6.74. The number of nitrogens with one attached hydrogen (secondary N) is 1. The first-order valence-corrected chi connectivity index (χ1v) is 7.53. The lowest BCUT2D eigenvalue weighted by molar-refractivity contribution is -0.113. The van der Waals surface area contributed by atoms with Crippen molar-refractivity contribution in [3.8, 4) is 0 Å². The lowest BCUT2D eigenvalue weighted by Crippen LogP contribution is -2.30. The molecule has 3 nitrogen and oxygen atoms in total. The molecule has 1 heterocycles. The van der Waals surface area contributed by atoms with Crippen LogP contribution in [0, 0.1) is 6.92 Å². The topological polar surface area (TPSA) is 32.3 Å². The van der Waals surface area contributed by atoms with Crippen LogP contribution in [0.4, 0.5) is 5.69 Å². The van der Waals surface area contributed by atoms with E-state index in [9.17, 15) is 4.79 Å². The van der Waals surface area contributed by atoms with Gasteiger partial charge in [0.15, 0.2) is 5.11 Å². The molecule has 0 unspecified atom stereocenters. The van der Waals surface area contributed by atoms with Crippen LogP contribution < -0.4 is 10.2 Å². The van der Waals surface area contributed by atoms with Gasteiger partial charge in [-0.2, -0.15) is 0 Å². The monoisotopic (exact) mass is 328 g/mol. The van der Waals surface area contributed by atoms with Gasteiger partial charge in [0.05, 0.1) is 5.69 Å². The molecule has 1 N–H and O–H groups in total. The second-order valence-corrected chi connectivity index (χ2v) is 5.79. The largest absolute Gasteiger partial charge is 0.327 e. The van der Waals surface area contributed by atoms with Crippen LogP contribution in [0.25, 0.3) is 6.08 Å². The van der Waals surface area contributed by atoms with Crippen molar-refractivity contribution in [2.75, 3.05) is 4.90 Å². The number of carbonyl (C=O) groups is 1. The number of hydrogen-bond donors (Lipinski definition) is 1. The van der Waals surface area contributed by atoms with Crippen LogP contribution in [0.3, 0.4) is 0 Å². The number of rotatable bonds is 2. The molecule has 0 spiro atoms. The molecule has 0 saturated carbocycles. The maximum Gasteiger partial charge on any atom is 0.281 e. The van der Waals surface area contributed by atoms with E-state index in [1.54, 1.807) is 24.3 Å². The number of benzene rings is 2. The fourth-order valence-electron chi connectivity index (χ4n) is 2.29. The third-order valence-corrected chi connectivity index (χ3v) is 3.95. The molecule has 2 aromatic rings. The van der Waals surface area contributed by atoms with E-state index in [0.717, 1.165) is 11.1 Å². The van der Waals surface area contributed by atoms with Gasteiger partial charge in [-0.3, -0.25) is 9.69 Å². The number of anilines is 1. The zero-order chi connectivity index (χ0) is 15.7. The van der Waals surface area contributed by atoms with Crippen molar-refractivity contribution in [3.63, 3.8) is 0 Å². The fourth-order valence-corrected chi connectivity index (χ4v) is 2.77. The highest BCUT2D eigenvalue weighted by atomic mass is 35.5. The van der Waals surface area contributed by atoms with Gasteiger partial charge in [0, 0.05) is 5.02 Å². The maximum absolute atomic E-state index is 12.6. The van der Waals surface area contributed by atoms with Crippen molar-refractivity contribution in [2.24, 2.45) is 0 Å². The summed E-state index contributed by atoms with van der Waals surface area (Å²) in [6.07, 6.45) is 1.81. The van der Waals surface area contributed by atoms with Gasteiger partial charge < -0.3 is 5.32 Å². The van der Waals surface area contributed by atoms with E-state index in [-0.39, 0.29) is 5.91 Å². The number of aryl methyl sites for hydroxylation is 1. The van der Waals surface area contributed by atoms with E-state index in [0.29, 0.717) is 21.5 Å². The molecular weight excluding hydrogens is 316 g/mol. The van der Waals surface area contributed by atoms with Crippen LogP contribution in [-0.2, 0) is 4.79 Å². The molecule has 0 atom stereocenters. The summed E-state index contributed by atoms with van der Waals surface area (Å²) in [6, 6.07) is 14.9. The second-order valence-electron chi connectivity index (χ2n) is 4.97. The molecule has 0 aromatic heterocycles.